The second-order valence-electron chi connectivity index (χ2n) is 5.54. The van der Waals surface area contributed by atoms with E-state index in [-0.39, 0.29) is 0 Å². The van der Waals surface area contributed by atoms with Crippen LogP contribution in [0.25, 0.3) is 0 Å². The molecule has 2 amide bonds. The van der Waals surface area contributed by atoms with Crippen LogP contribution in [0.2, 0.25) is 0 Å². The fraction of sp³-hybridized carbons (Fsp3) is 0.833. The van der Waals surface area contributed by atoms with Gasteiger partial charge in [0.15, 0.2) is 0 Å². The molecule has 20 heavy (non-hydrogen) atoms. The average molecular weight is 298 g/mol. The fourth-order valence-corrected chi connectivity index (χ4v) is 1.35. The third-order valence-electron chi connectivity index (χ3n) is 2.45. The summed E-state index contributed by atoms with van der Waals surface area (Å²) in [7, 11) is 0. The minimum Gasteiger partial charge on any atom is -0.395 e. The molecule has 0 rings (SSSR count). The Balaban J connectivity index is 4.77. The molecule has 0 heterocycles. The predicted molar refractivity (Wildman–Crippen MR) is 66.8 cm³/mol. The summed E-state index contributed by atoms with van der Waals surface area (Å²) in [6, 6.07) is -1.09. The number of aliphatic hydroxyl groups is 1. The van der Waals surface area contributed by atoms with E-state index in [1.165, 1.54) is 6.92 Å². The third kappa shape index (κ3) is 6.74. The Labute approximate surface area is 116 Å². The maximum absolute atomic E-state index is 12.3. The minimum atomic E-state index is -4.56. The number of halogens is 3. The molecule has 2 N–H and O–H groups in total. The van der Waals surface area contributed by atoms with Crippen LogP contribution in [0.1, 0.15) is 27.7 Å². The van der Waals surface area contributed by atoms with Gasteiger partial charge >= 0.3 is 6.18 Å². The smallest absolute Gasteiger partial charge is 0.395 e. The standard InChI is InChI=1S/C12H21F3N2O3/c1-8(16-10(20)11(2,3)4)9(19)17(5-6-18)7-12(13,14)15/h8,18H,5-7H2,1-4H3,(H,16,20). The number of alkyl halides is 3. The van der Waals surface area contributed by atoms with Crippen LogP contribution in [-0.4, -0.2) is 53.7 Å². The fourth-order valence-electron chi connectivity index (χ4n) is 1.35. The van der Waals surface area contributed by atoms with Gasteiger partial charge in [0, 0.05) is 12.0 Å². The van der Waals surface area contributed by atoms with Gasteiger partial charge in [-0.05, 0) is 6.92 Å². The van der Waals surface area contributed by atoms with Crippen molar-refractivity contribution >= 4 is 11.8 Å². The molecule has 5 nitrogen and oxygen atoms in total. The number of carbonyl (C=O) groups is 2. The van der Waals surface area contributed by atoms with Crippen LogP contribution in [0.3, 0.4) is 0 Å². The third-order valence-corrected chi connectivity index (χ3v) is 2.45. The van der Waals surface area contributed by atoms with Gasteiger partial charge in [0.2, 0.25) is 11.8 Å². The number of nitrogens with zero attached hydrogens (tertiary/aromatic N) is 1. The van der Waals surface area contributed by atoms with Crippen molar-refractivity contribution in [1.82, 2.24) is 10.2 Å². The van der Waals surface area contributed by atoms with E-state index in [9.17, 15) is 22.8 Å². The summed E-state index contributed by atoms with van der Waals surface area (Å²) in [5, 5.41) is 11.1. The highest BCUT2D eigenvalue weighted by Gasteiger charge is 2.35. The van der Waals surface area contributed by atoms with E-state index in [0.717, 1.165) is 0 Å². The van der Waals surface area contributed by atoms with Crippen molar-refractivity contribution in [3.05, 3.63) is 0 Å². The van der Waals surface area contributed by atoms with E-state index in [2.05, 4.69) is 5.32 Å². The Hall–Kier alpha value is -1.31. The topological polar surface area (TPSA) is 69.6 Å². The summed E-state index contributed by atoms with van der Waals surface area (Å²) in [6.07, 6.45) is -4.56. The second kappa shape index (κ2) is 6.92. The molecule has 8 heteroatoms. The van der Waals surface area contributed by atoms with E-state index in [4.69, 9.17) is 5.11 Å². The van der Waals surface area contributed by atoms with E-state index in [0.29, 0.717) is 4.90 Å². The predicted octanol–water partition coefficient (Wildman–Crippen LogP) is 0.920. The molecule has 0 spiro atoms. The van der Waals surface area contributed by atoms with Crippen molar-refractivity contribution in [3.8, 4) is 0 Å². The van der Waals surface area contributed by atoms with E-state index < -0.39 is 49.1 Å². The van der Waals surface area contributed by atoms with Crippen LogP contribution in [0.15, 0.2) is 0 Å². The molecule has 0 aromatic rings. The number of carbonyl (C=O) groups excluding carboxylic acids is 2. The molecule has 0 radical (unpaired) electrons. The Morgan fingerprint density at radius 2 is 1.75 bits per heavy atom. The zero-order valence-corrected chi connectivity index (χ0v) is 12.0. The van der Waals surface area contributed by atoms with Crippen LogP contribution in [0.5, 0.6) is 0 Å². The van der Waals surface area contributed by atoms with E-state index in [1.54, 1.807) is 20.8 Å². The first-order chi connectivity index (χ1) is 8.88. The van der Waals surface area contributed by atoms with Crippen LogP contribution in [-0.2, 0) is 9.59 Å². The molecule has 0 aromatic carbocycles. The Bertz CT molecular complexity index is 351. The molecule has 1 unspecified atom stereocenters. The first kappa shape index (κ1) is 18.7. The zero-order chi connectivity index (χ0) is 16.1. The molecule has 1 atom stereocenters. The lowest BCUT2D eigenvalue weighted by Gasteiger charge is -2.28. The van der Waals surface area contributed by atoms with Crippen LogP contribution < -0.4 is 5.32 Å². The zero-order valence-electron chi connectivity index (χ0n) is 12.0. The summed E-state index contributed by atoms with van der Waals surface area (Å²) in [5.41, 5.74) is -0.750. The van der Waals surface area contributed by atoms with Gasteiger partial charge in [-0.2, -0.15) is 13.2 Å². The Morgan fingerprint density at radius 1 is 1.25 bits per heavy atom. The molecule has 0 fully saturated rings. The Kier molecular flexibility index (Phi) is 6.46. The molecule has 0 aliphatic rings. The maximum atomic E-state index is 12.3. The Morgan fingerprint density at radius 3 is 2.10 bits per heavy atom. The number of amides is 2. The lowest BCUT2D eigenvalue weighted by Crippen LogP contribution is -2.52. The van der Waals surface area contributed by atoms with Crippen molar-refractivity contribution in [2.24, 2.45) is 5.41 Å². The van der Waals surface area contributed by atoms with Crippen LogP contribution in [0.4, 0.5) is 13.2 Å². The summed E-state index contributed by atoms with van der Waals surface area (Å²) >= 11 is 0. The normalized spacial score (nSPS) is 13.8. The first-order valence-electron chi connectivity index (χ1n) is 6.16. The molecule has 0 aliphatic heterocycles. The largest absolute Gasteiger partial charge is 0.406 e. The highest BCUT2D eigenvalue weighted by atomic mass is 19.4. The average Bonchev–Trinajstić information content (AvgIpc) is 2.24. The number of aliphatic hydroxyl groups excluding tert-OH is 1. The summed E-state index contributed by atoms with van der Waals surface area (Å²) in [4.78, 5) is 24.0. The number of hydrogen-bond donors (Lipinski definition) is 2. The lowest BCUT2D eigenvalue weighted by atomic mass is 9.95. The van der Waals surface area contributed by atoms with Gasteiger partial charge in [-0.3, -0.25) is 9.59 Å². The van der Waals surface area contributed by atoms with Crippen molar-refractivity contribution in [3.63, 3.8) is 0 Å². The maximum Gasteiger partial charge on any atom is 0.406 e. The number of rotatable bonds is 5. The molecular formula is C12H21F3N2O3. The first-order valence-corrected chi connectivity index (χ1v) is 6.16. The van der Waals surface area contributed by atoms with Gasteiger partial charge in [0.1, 0.15) is 12.6 Å². The SMILES string of the molecule is CC(NC(=O)C(C)(C)C)C(=O)N(CCO)CC(F)(F)F. The highest BCUT2D eigenvalue weighted by Crippen LogP contribution is 2.17. The van der Waals surface area contributed by atoms with E-state index >= 15 is 0 Å². The van der Waals surface area contributed by atoms with Crippen molar-refractivity contribution in [2.75, 3.05) is 19.7 Å². The molecule has 0 saturated heterocycles. The molecule has 0 saturated carbocycles. The summed E-state index contributed by atoms with van der Waals surface area (Å²) in [6.45, 7) is 3.72. The van der Waals surface area contributed by atoms with Crippen LogP contribution in [0, 0.1) is 5.41 Å². The molecular weight excluding hydrogens is 277 g/mol. The quantitative estimate of drug-likeness (QED) is 0.793. The monoisotopic (exact) mass is 298 g/mol. The lowest BCUT2D eigenvalue weighted by molar-refractivity contribution is -0.163. The molecule has 0 aromatic heterocycles. The molecule has 118 valence electrons. The van der Waals surface area contributed by atoms with Crippen molar-refractivity contribution in [2.45, 2.75) is 39.9 Å². The van der Waals surface area contributed by atoms with Gasteiger partial charge < -0.3 is 15.3 Å². The van der Waals surface area contributed by atoms with Crippen LogP contribution >= 0.6 is 0 Å². The van der Waals surface area contributed by atoms with Gasteiger partial charge in [-0.25, -0.2) is 0 Å². The van der Waals surface area contributed by atoms with E-state index in [1.807, 2.05) is 0 Å². The van der Waals surface area contributed by atoms with Crippen molar-refractivity contribution < 1.29 is 27.9 Å². The number of hydrogen-bond acceptors (Lipinski definition) is 3. The minimum absolute atomic E-state index is 0.436. The van der Waals surface area contributed by atoms with Gasteiger partial charge in [-0.1, -0.05) is 20.8 Å². The molecule has 0 aliphatic carbocycles. The van der Waals surface area contributed by atoms with Gasteiger partial charge in [0.05, 0.1) is 6.61 Å². The van der Waals surface area contributed by atoms with Gasteiger partial charge in [0.25, 0.3) is 0 Å². The molecule has 0 bridgehead atoms. The number of nitrogens with one attached hydrogen (secondary N) is 1. The van der Waals surface area contributed by atoms with Crippen molar-refractivity contribution in [1.29, 1.82) is 0 Å². The second-order valence-corrected chi connectivity index (χ2v) is 5.54. The summed E-state index contributed by atoms with van der Waals surface area (Å²) in [5.74, 6) is -1.32. The highest BCUT2D eigenvalue weighted by molar-refractivity contribution is 5.89. The van der Waals surface area contributed by atoms with Gasteiger partial charge in [-0.15, -0.1) is 0 Å². The summed E-state index contributed by atoms with van der Waals surface area (Å²) < 4.78 is 37.0.